The Morgan fingerprint density at radius 2 is 0.694 bits per heavy atom. The molecule has 5 heteroatoms. The predicted octanol–water partition coefficient (Wildman–Crippen LogP) is 17.1. The molecule has 0 aromatic rings. The number of carbonyl (C=O) groups excluding carboxylic acids is 1. The summed E-state index contributed by atoms with van der Waals surface area (Å²) in [4.78, 5) is 12.4. The topological polar surface area (TPSA) is 89.8 Å². The Morgan fingerprint density at radius 3 is 1.05 bits per heavy atom. The second kappa shape index (κ2) is 52.2. The van der Waals surface area contributed by atoms with Gasteiger partial charge in [-0.2, -0.15) is 0 Å². The monoisotopic (exact) mass is 872 g/mol. The Bertz CT molecular complexity index is 962. The van der Waals surface area contributed by atoms with Crippen LogP contribution in [0, 0.1) is 0 Å². The van der Waals surface area contributed by atoms with Crippen molar-refractivity contribution in [1.82, 2.24) is 5.32 Å². The van der Waals surface area contributed by atoms with E-state index in [1.54, 1.807) is 6.08 Å². The molecule has 0 aliphatic rings. The lowest BCUT2D eigenvalue weighted by atomic mass is 10.0. The molecule has 0 spiro atoms. The molecule has 0 fully saturated rings. The lowest BCUT2D eigenvalue weighted by molar-refractivity contribution is -0.124. The van der Waals surface area contributed by atoms with Crippen molar-refractivity contribution in [3.8, 4) is 0 Å². The minimum atomic E-state index is -0.949. The molecule has 0 saturated carbocycles. The molecule has 3 unspecified atom stereocenters. The van der Waals surface area contributed by atoms with E-state index in [-0.39, 0.29) is 18.9 Å². The smallest absolute Gasteiger partial charge is 0.222 e. The van der Waals surface area contributed by atoms with E-state index in [0.717, 1.165) is 32.1 Å². The van der Waals surface area contributed by atoms with Crippen LogP contribution in [-0.4, -0.2) is 46.1 Å². The van der Waals surface area contributed by atoms with Gasteiger partial charge in [0.15, 0.2) is 0 Å². The molecule has 0 heterocycles. The molecule has 0 aliphatic heterocycles. The summed E-state index contributed by atoms with van der Waals surface area (Å²) in [5.74, 6) is -0.325. The van der Waals surface area contributed by atoms with Crippen LogP contribution in [0.3, 0.4) is 0 Å². The minimum absolute atomic E-state index is 0.00722. The standard InChI is InChI=1S/C57H109NO4/c1-3-5-7-9-11-13-15-16-17-18-19-20-21-22-23-24-25-26-27-28-29-30-31-32-33-34-35-36-37-38-39-40-41-42-44-46-48-50-54(60)52-57(62)58-55(53-59)56(61)51-49-47-45-43-14-12-10-8-6-4-2/h14,28-29,43,49,51,54-56,59-61H,3-13,15-27,30-42,44-48,50,52-53H2,1-2H3,(H,58,62)/b29-28-,43-14+,51-49+. The number of aliphatic hydroxyl groups excluding tert-OH is 3. The number of unbranched alkanes of at least 4 members (excludes halogenated alkanes) is 38. The molecule has 0 rings (SSSR count). The van der Waals surface area contributed by atoms with Gasteiger partial charge < -0.3 is 20.6 Å². The average molecular weight is 873 g/mol. The Hall–Kier alpha value is -1.43. The first-order valence-electron chi connectivity index (χ1n) is 27.8. The SMILES string of the molecule is CCCCCC/C=C/CC/C=C/C(O)C(CO)NC(=O)CC(O)CCCCCCCCCCCCCCCCC/C=C\CCCCCCCCCCCCCCCCCCCC. The van der Waals surface area contributed by atoms with E-state index < -0.39 is 18.2 Å². The van der Waals surface area contributed by atoms with Gasteiger partial charge in [-0.05, 0) is 57.8 Å². The van der Waals surface area contributed by atoms with Crippen LogP contribution in [0.2, 0.25) is 0 Å². The first-order valence-corrected chi connectivity index (χ1v) is 27.8. The average Bonchev–Trinajstić information content (AvgIpc) is 3.27. The number of rotatable bonds is 51. The third-order valence-electron chi connectivity index (χ3n) is 12.9. The Labute approximate surface area is 387 Å². The van der Waals surface area contributed by atoms with E-state index >= 15 is 0 Å². The summed E-state index contributed by atoms with van der Waals surface area (Å²) in [5, 5.41) is 33.2. The second-order valence-corrected chi connectivity index (χ2v) is 19.2. The van der Waals surface area contributed by atoms with E-state index in [1.165, 1.54) is 238 Å². The van der Waals surface area contributed by atoms with Gasteiger partial charge >= 0.3 is 0 Å². The van der Waals surface area contributed by atoms with Crippen molar-refractivity contribution in [1.29, 1.82) is 0 Å². The van der Waals surface area contributed by atoms with Crippen LogP contribution in [-0.2, 0) is 4.79 Å². The van der Waals surface area contributed by atoms with Gasteiger partial charge in [-0.3, -0.25) is 4.79 Å². The lowest BCUT2D eigenvalue weighted by Gasteiger charge is -2.21. The van der Waals surface area contributed by atoms with Gasteiger partial charge in [0.2, 0.25) is 5.91 Å². The highest BCUT2D eigenvalue weighted by Crippen LogP contribution is 2.17. The molecule has 0 bridgehead atoms. The maximum absolute atomic E-state index is 12.4. The molecular weight excluding hydrogens is 763 g/mol. The maximum Gasteiger partial charge on any atom is 0.222 e. The maximum atomic E-state index is 12.4. The van der Waals surface area contributed by atoms with Gasteiger partial charge in [0.25, 0.3) is 0 Å². The van der Waals surface area contributed by atoms with Crippen LogP contribution in [0.4, 0.5) is 0 Å². The van der Waals surface area contributed by atoms with Crippen LogP contribution in [0.15, 0.2) is 36.5 Å². The normalized spacial score (nSPS) is 13.6. The fourth-order valence-electron chi connectivity index (χ4n) is 8.65. The Balaban J connectivity index is 3.44. The van der Waals surface area contributed by atoms with Crippen molar-refractivity contribution in [2.75, 3.05) is 6.61 Å². The summed E-state index contributed by atoms with van der Waals surface area (Å²) in [6, 6.07) is -0.759. The first-order chi connectivity index (χ1) is 30.5. The van der Waals surface area contributed by atoms with Crippen LogP contribution in [0.25, 0.3) is 0 Å². The van der Waals surface area contributed by atoms with Gasteiger partial charge in [-0.15, -0.1) is 0 Å². The van der Waals surface area contributed by atoms with E-state index in [2.05, 4.69) is 43.5 Å². The van der Waals surface area contributed by atoms with Gasteiger partial charge in [0.1, 0.15) is 0 Å². The molecule has 3 atom stereocenters. The highest BCUT2D eigenvalue weighted by molar-refractivity contribution is 5.76. The van der Waals surface area contributed by atoms with E-state index in [4.69, 9.17) is 0 Å². The van der Waals surface area contributed by atoms with E-state index in [9.17, 15) is 20.1 Å². The zero-order valence-electron chi connectivity index (χ0n) is 41.8. The molecule has 0 aliphatic carbocycles. The van der Waals surface area contributed by atoms with Crippen molar-refractivity contribution in [2.45, 2.75) is 315 Å². The fourth-order valence-corrected chi connectivity index (χ4v) is 8.65. The molecule has 0 saturated heterocycles. The first kappa shape index (κ1) is 60.6. The molecule has 4 N–H and O–H groups in total. The molecular formula is C57H109NO4. The summed E-state index contributed by atoms with van der Waals surface area (Å²) < 4.78 is 0. The molecule has 62 heavy (non-hydrogen) atoms. The van der Waals surface area contributed by atoms with Crippen molar-refractivity contribution >= 4 is 5.91 Å². The number of aliphatic hydroxyl groups is 3. The summed E-state index contributed by atoms with van der Waals surface area (Å²) >= 11 is 0. The van der Waals surface area contributed by atoms with E-state index in [1.807, 2.05) is 6.08 Å². The molecule has 0 aromatic heterocycles. The Kier molecular flexibility index (Phi) is 51.0. The number of nitrogens with one attached hydrogen (secondary N) is 1. The van der Waals surface area contributed by atoms with Gasteiger partial charge in [0.05, 0.1) is 31.3 Å². The number of hydrogen-bond donors (Lipinski definition) is 4. The summed E-state index contributed by atoms with van der Waals surface area (Å²) in [5.41, 5.74) is 0. The molecule has 0 aromatic carbocycles. The largest absolute Gasteiger partial charge is 0.394 e. The van der Waals surface area contributed by atoms with Crippen LogP contribution < -0.4 is 5.32 Å². The third kappa shape index (κ3) is 48.0. The molecule has 1 amide bonds. The number of amides is 1. The zero-order valence-corrected chi connectivity index (χ0v) is 41.8. The van der Waals surface area contributed by atoms with Crippen LogP contribution in [0.1, 0.15) is 296 Å². The quantitative estimate of drug-likeness (QED) is 0.0362. The highest BCUT2D eigenvalue weighted by atomic mass is 16.3. The highest BCUT2D eigenvalue weighted by Gasteiger charge is 2.20. The Morgan fingerprint density at radius 1 is 0.403 bits per heavy atom. The minimum Gasteiger partial charge on any atom is -0.394 e. The zero-order chi connectivity index (χ0) is 45.1. The third-order valence-corrected chi connectivity index (χ3v) is 12.9. The van der Waals surface area contributed by atoms with Crippen LogP contribution in [0.5, 0.6) is 0 Å². The molecule has 5 nitrogen and oxygen atoms in total. The van der Waals surface area contributed by atoms with Crippen molar-refractivity contribution in [3.05, 3.63) is 36.5 Å². The summed E-state index contributed by atoms with van der Waals surface area (Å²) in [6.07, 6.45) is 68.0. The molecule has 366 valence electrons. The van der Waals surface area contributed by atoms with Crippen LogP contribution >= 0.6 is 0 Å². The summed E-state index contributed by atoms with van der Waals surface area (Å²) in [6.45, 7) is 4.18. The number of allylic oxidation sites excluding steroid dienone is 5. The number of carbonyl (C=O) groups is 1. The number of hydrogen-bond acceptors (Lipinski definition) is 4. The lowest BCUT2D eigenvalue weighted by Crippen LogP contribution is -2.45. The second-order valence-electron chi connectivity index (χ2n) is 19.2. The van der Waals surface area contributed by atoms with Crippen molar-refractivity contribution in [3.63, 3.8) is 0 Å². The molecule has 0 radical (unpaired) electrons. The van der Waals surface area contributed by atoms with Gasteiger partial charge in [-0.1, -0.05) is 269 Å². The van der Waals surface area contributed by atoms with Crippen molar-refractivity contribution < 1.29 is 20.1 Å². The predicted molar refractivity (Wildman–Crippen MR) is 273 cm³/mol. The van der Waals surface area contributed by atoms with Gasteiger partial charge in [-0.25, -0.2) is 0 Å². The van der Waals surface area contributed by atoms with E-state index in [0.29, 0.717) is 6.42 Å². The summed E-state index contributed by atoms with van der Waals surface area (Å²) in [7, 11) is 0. The fraction of sp³-hybridized carbons (Fsp3) is 0.877. The van der Waals surface area contributed by atoms with Crippen molar-refractivity contribution in [2.24, 2.45) is 0 Å². The van der Waals surface area contributed by atoms with Gasteiger partial charge in [0, 0.05) is 0 Å².